The van der Waals surface area contributed by atoms with Gasteiger partial charge in [-0.2, -0.15) is 5.26 Å². The molecule has 1 aromatic heterocycles. The SMILES string of the molecule is Cn1cc(C(=O)C(=O)O)c2ccc(C#N)cc21. The second kappa shape index (κ2) is 3.76. The van der Waals surface area contributed by atoms with Crippen molar-refractivity contribution in [2.24, 2.45) is 7.05 Å². The van der Waals surface area contributed by atoms with Gasteiger partial charge in [-0.1, -0.05) is 6.07 Å². The number of hydrogen-bond acceptors (Lipinski definition) is 3. The topological polar surface area (TPSA) is 83.1 Å². The molecule has 0 amide bonds. The van der Waals surface area contributed by atoms with E-state index in [-0.39, 0.29) is 5.56 Å². The van der Waals surface area contributed by atoms with Crippen LogP contribution in [0.1, 0.15) is 15.9 Å². The number of rotatable bonds is 2. The first-order chi connectivity index (χ1) is 8.04. The quantitative estimate of drug-likeness (QED) is 0.620. The van der Waals surface area contributed by atoms with Crippen molar-refractivity contribution >= 4 is 22.7 Å². The molecule has 2 aromatic rings. The van der Waals surface area contributed by atoms with Crippen molar-refractivity contribution in [3.05, 3.63) is 35.5 Å². The molecule has 1 aromatic carbocycles. The maximum absolute atomic E-state index is 11.4. The maximum atomic E-state index is 11.4. The number of aliphatic carboxylic acids is 1. The maximum Gasteiger partial charge on any atom is 0.377 e. The van der Waals surface area contributed by atoms with E-state index in [4.69, 9.17) is 10.4 Å². The molecule has 0 aliphatic carbocycles. The Morgan fingerprint density at radius 3 is 2.71 bits per heavy atom. The molecular weight excluding hydrogens is 220 g/mol. The number of Topliss-reactive ketones (excluding diaryl/α,β-unsaturated/α-hetero) is 1. The van der Waals surface area contributed by atoms with E-state index in [1.165, 1.54) is 6.20 Å². The largest absolute Gasteiger partial charge is 0.475 e. The van der Waals surface area contributed by atoms with Gasteiger partial charge in [0.25, 0.3) is 5.78 Å². The van der Waals surface area contributed by atoms with Crippen LogP contribution in [0.25, 0.3) is 10.9 Å². The summed E-state index contributed by atoms with van der Waals surface area (Å²) in [5.41, 5.74) is 1.26. The average molecular weight is 228 g/mol. The third-order valence-electron chi connectivity index (χ3n) is 2.56. The van der Waals surface area contributed by atoms with E-state index < -0.39 is 11.8 Å². The molecule has 5 heteroatoms. The highest BCUT2D eigenvalue weighted by Gasteiger charge is 2.19. The molecule has 84 valence electrons. The van der Waals surface area contributed by atoms with E-state index in [2.05, 4.69) is 0 Å². The number of benzene rings is 1. The molecule has 1 N–H and O–H groups in total. The summed E-state index contributed by atoms with van der Waals surface area (Å²) in [7, 11) is 1.70. The number of nitrogens with zero attached hydrogens (tertiary/aromatic N) is 2. The van der Waals surface area contributed by atoms with Crippen LogP contribution in [0.5, 0.6) is 0 Å². The van der Waals surface area contributed by atoms with Crippen LogP contribution in [0.3, 0.4) is 0 Å². The van der Waals surface area contributed by atoms with Crippen molar-refractivity contribution in [3.8, 4) is 6.07 Å². The van der Waals surface area contributed by atoms with Crippen molar-refractivity contribution in [2.75, 3.05) is 0 Å². The Morgan fingerprint density at radius 1 is 1.41 bits per heavy atom. The van der Waals surface area contributed by atoms with Gasteiger partial charge in [0, 0.05) is 24.1 Å². The molecule has 0 saturated heterocycles. The lowest BCUT2D eigenvalue weighted by molar-refractivity contribution is -0.131. The number of hydrogen-bond donors (Lipinski definition) is 1. The van der Waals surface area contributed by atoms with E-state index in [0.29, 0.717) is 16.5 Å². The molecule has 0 unspecified atom stereocenters. The van der Waals surface area contributed by atoms with Gasteiger partial charge in [-0.05, 0) is 12.1 Å². The first-order valence-corrected chi connectivity index (χ1v) is 4.81. The van der Waals surface area contributed by atoms with Crippen molar-refractivity contribution in [1.82, 2.24) is 4.57 Å². The zero-order valence-corrected chi connectivity index (χ0v) is 8.97. The van der Waals surface area contributed by atoms with Crippen molar-refractivity contribution < 1.29 is 14.7 Å². The summed E-state index contributed by atoms with van der Waals surface area (Å²) in [5.74, 6) is -2.43. The van der Waals surface area contributed by atoms with Crippen molar-refractivity contribution in [1.29, 1.82) is 5.26 Å². The molecule has 0 bridgehead atoms. The first-order valence-electron chi connectivity index (χ1n) is 4.81. The first kappa shape index (κ1) is 10.9. The van der Waals surface area contributed by atoms with E-state index in [9.17, 15) is 9.59 Å². The number of carbonyl (C=O) groups excluding carboxylic acids is 1. The van der Waals surface area contributed by atoms with E-state index in [1.54, 1.807) is 29.8 Å². The van der Waals surface area contributed by atoms with Crippen LogP contribution in [0, 0.1) is 11.3 Å². The Labute approximate surface area is 96.5 Å². The lowest BCUT2D eigenvalue weighted by Gasteiger charge is -1.96. The third-order valence-corrected chi connectivity index (χ3v) is 2.56. The second-order valence-electron chi connectivity index (χ2n) is 3.63. The van der Waals surface area contributed by atoms with Crippen LogP contribution in [-0.2, 0) is 11.8 Å². The molecule has 0 aliphatic rings. The summed E-state index contributed by atoms with van der Waals surface area (Å²) < 4.78 is 1.63. The summed E-state index contributed by atoms with van der Waals surface area (Å²) in [6, 6.07) is 6.76. The number of nitriles is 1. The van der Waals surface area contributed by atoms with Crippen LogP contribution < -0.4 is 0 Å². The minimum Gasteiger partial charge on any atom is -0.475 e. The number of carbonyl (C=O) groups is 2. The van der Waals surface area contributed by atoms with Gasteiger partial charge in [0.2, 0.25) is 0 Å². The van der Waals surface area contributed by atoms with Crippen molar-refractivity contribution in [3.63, 3.8) is 0 Å². The van der Waals surface area contributed by atoms with Crippen molar-refractivity contribution in [2.45, 2.75) is 0 Å². The van der Waals surface area contributed by atoms with E-state index in [0.717, 1.165) is 0 Å². The standard InChI is InChI=1S/C12H8N2O3/c1-14-6-9(11(15)12(16)17)8-3-2-7(5-13)4-10(8)14/h2-4,6H,1H3,(H,16,17). The monoisotopic (exact) mass is 228 g/mol. The summed E-state index contributed by atoms with van der Waals surface area (Å²) in [4.78, 5) is 22.1. The summed E-state index contributed by atoms with van der Waals surface area (Å²) in [6.45, 7) is 0. The van der Waals surface area contributed by atoms with E-state index >= 15 is 0 Å². The average Bonchev–Trinajstić information content (AvgIpc) is 2.65. The van der Waals surface area contributed by atoms with E-state index in [1.807, 2.05) is 6.07 Å². The Bertz CT molecular complexity index is 677. The van der Waals surface area contributed by atoms with Gasteiger partial charge in [-0.3, -0.25) is 4.79 Å². The van der Waals surface area contributed by atoms with Gasteiger partial charge in [0.15, 0.2) is 0 Å². The molecule has 0 saturated carbocycles. The molecule has 0 fully saturated rings. The molecule has 0 atom stereocenters. The highest BCUT2D eigenvalue weighted by molar-refractivity contribution is 6.42. The molecule has 1 heterocycles. The number of carboxylic acids is 1. The summed E-state index contributed by atoms with van der Waals surface area (Å²) in [6.07, 6.45) is 1.46. The van der Waals surface area contributed by atoms with Gasteiger partial charge in [-0.25, -0.2) is 4.79 Å². The fourth-order valence-electron chi connectivity index (χ4n) is 1.75. The Hall–Kier alpha value is -2.61. The molecule has 0 radical (unpaired) electrons. The van der Waals surface area contributed by atoms with Gasteiger partial charge in [-0.15, -0.1) is 0 Å². The van der Waals surface area contributed by atoms with Crippen LogP contribution in [-0.4, -0.2) is 21.4 Å². The second-order valence-corrected chi connectivity index (χ2v) is 3.63. The Balaban J connectivity index is 2.73. The number of ketones is 1. The number of aryl methyl sites for hydroxylation is 1. The summed E-state index contributed by atoms with van der Waals surface area (Å²) >= 11 is 0. The van der Waals surface area contributed by atoms with Crippen LogP contribution in [0.4, 0.5) is 0 Å². The normalized spacial score (nSPS) is 10.1. The summed E-state index contributed by atoms with van der Waals surface area (Å²) in [5, 5.41) is 18.0. The number of aromatic nitrogens is 1. The molecule has 0 spiro atoms. The fraction of sp³-hybridized carbons (Fsp3) is 0.0833. The predicted molar refractivity (Wildman–Crippen MR) is 59.6 cm³/mol. The zero-order chi connectivity index (χ0) is 12.6. The highest BCUT2D eigenvalue weighted by atomic mass is 16.4. The van der Waals surface area contributed by atoms with Gasteiger partial charge in [0.1, 0.15) is 0 Å². The molecule has 17 heavy (non-hydrogen) atoms. The fourth-order valence-corrected chi connectivity index (χ4v) is 1.75. The zero-order valence-electron chi connectivity index (χ0n) is 8.97. The Morgan fingerprint density at radius 2 is 2.12 bits per heavy atom. The predicted octanol–water partition coefficient (Wildman–Crippen LogP) is 1.32. The lowest BCUT2D eigenvalue weighted by atomic mass is 10.1. The molecule has 0 aliphatic heterocycles. The van der Waals surface area contributed by atoms with Gasteiger partial charge in [0.05, 0.1) is 17.2 Å². The molecular formula is C12H8N2O3. The Kier molecular flexibility index (Phi) is 2.41. The minimum atomic E-state index is -1.48. The van der Waals surface area contributed by atoms with Crippen LogP contribution in [0.15, 0.2) is 24.4 Å². The van der Waals surface area contributed by atoms with Crippen LogP contribution in [0.2, 0.25) is 0 Å². The molecule has 5 nitrogen and oxygen atoms in total. The van der Waals surface area contributed by atoms with Gasteiger partial charge < -0.3 is 9.67 Å². The third kappa shape index (κ3) is 1.66. The number of fused-ring (bicyclic) bond motifs is 1. The molecule has 2 rings (SSSR count). The highest BCUT2D eigenvalue weighted by Crippen LogP contribution is 2.22. The smallest absolute Gasteiger partial charge is 0.377 e. The minimum absolute atomic E-state index is 0.138. The van der Waals surface area contributed by atoms with Gasteiger partial charge >= 0.3 is 5.97 Å². The lowest BCUT2D eigenvalue weighted by Crippen LogP contribution is -2.12. The van der Waals surface area contributed by atoms with Crippen LogP contribution >= 0.6 is 0 Å². The number of carboxylic acid groups (broad SMARTS) is 1.